The van der Waals surface area contributed by atoms with Crippen LogP contribution in [0.25, 0.3) is 0 Å². The van der Waals surface area contributed by atoms with Gasteiger partial charge in [0, 0.05) is 31.3 Å². The van der Waals surface area contributed by atoms with Gasteiger partial charge in [-0.15, -0.1) is 0 Å². The maximum atomic E-state index is 12.8. The lowest BCUT2D eigenvalue weighted by Crippen LogP contribution is -2.53. The minimum atomic E-state index is -0.414. The summed E-state index contributed by atoms with van der Waals surface area (Å²) in [5.74, 6) is 0.0524. The van der Waals surface area contributed by atoms with Crippen LogP contribution in [-0.4, -0.2) is 52.9 Å². The highest BCUT2D eigenvalue weighted by Gasteiger charge is 2.35. The number of hydrogen-bond donors (Lipinski definition) is 0. The molecule has 1 aliphatic carbocycles. The van der Waals surface area contributed by atoms with E-state index in [0.717, 1.165) is 19.5 Å². The first kappa shape index (κ1) is 17.9. The summed E-state index contributed by atoms with van der Waals surface area (Å²) < 4.78 is 0. The fourth-order valence-corrected chi connectivity index (χ4v) is 4.31. The molecular formula is C19H27N3O3. The van der Waals surface area contributed by atoms with Crippen LogP contribution in [0.1, 0.15) is 44.1 Å². The quantitative estimate of drug-likeness (QED) is 0.608. The number of carbonyl (C=O) groups is 1. The molecule has 0 radical (unpaired) electrons. The molecule has 0 spiro atoms. The second-order valence-corrected chi connectivity index (χ2v) is 7.27. The van der Waals surface area contributed by atoms with Crippen LogP contribution >= 0.6 is 0 Å². The average molecular weight is 345 g/mol. The summed E-state index contributed by atoms with van der Waals surface area (Å²) in [5.41, 5.74) is 0.750. The Morgan fingerprint density at radius 3 is 2.68 bits per heavy atom. The Bertz CT molecular complexity index is 628. The number of rotatable bonds is 5. The zero-order chi connectivity index (χ0) is 17.8. The number of likely N-dealkylation sites (tertiary alicyclic amines) is 1. The standard InChI is InChI=1S/C19H27N3O3/c1-20(17-9-2-3-10-18(17)21-11-4-5-12-21)19(23)14-15-7-6-8-16(13-15)22(24)25/h6-8,13,17-18H,2-5,9-12,14H2,1H3/t17?,18-/m0/s1. The van der Waals surface area contributed by atoms with Gasteiger partial charge in [-0.25, -0.2) is 0 Å². The number of benzene rings is 1. The van der Waals surface area contributed by atoms with Gasteiger partial charge in [0.25, 0.3) is 5.69 Å². The maximum absolute atomic E-state index is 12.8. The number of hydrogen-bond acceptors (Lipinski definition) is 4. The molecule has 6 nitrogen and oxygen atoms in total. The number of nitro benzene ring substituents is 1. The summed E-state index contributed by atoms with van der Waals surface area (Å²) >= 11 is 0. The molecule has 1 saturated carbocycles. The van der Waals surface area contributed by atoms with E-state index in [-0.39, 0.29) is 24.1 Å². The molecule has 2 aliphatic rings. The smallest absolute Gasteiger partial charge is 0.269 e. The van der Waals surface area contributed by atoms with Crippen LogP contribution in [-0.2, 0) is 11.2 Å². The third kappa shape index (κ3) is 4.18. The number of nitro groups is 1. The number of nitrogens with zero attached hydrogens (tertiary/aromatic N) is 3. The molecule has 2 fully saturated rings. The van der Waals surface area contributed by atoms with Crippen molar-refractivity contribution < 1.29 is 9.72 Å². The number of likely N-dealkylation sites (N-methyl/N-ethyl adjacent to an activating group) is 1. The molecule has 1 aromatic rings. The highest BCUT2D eigenvalue weighted by molar-refractivity contribution is 5.79. The van der Waals surface area contributed by atoms with E-state index in [1.54, 1.807) is 12.1 Å². The maximum Gasteiger partial charge on any atom is 0.269 e. The molecule has 1 aromatic carbocycles. The second-order valence-electron chi connectivity index (χ2n) is 7.27. The third-order valence-corrected chi connectivity index (χ3v) is 5.67. The summed E-state index contributed by atoms with van der Waals surface area (Å²) in [6.45, 7) is 2.29. The van der Waals surface area contributed by atoms with Crippen molar-refractivity contribution in [3.05, 3.63) is 39.9 Å². The van der Waals surface area contributed by atoms with E-state index in [0.29, 0.717) is 11.6 Å². The fourth-order valence-electron chi connectivity index (χ4n) is 4.31. The lowest BCUT2D eigenvalue weighted by molar-refractivity contribution is -0.384. The summed E-state index contributed by atoms with van der Waals surface area (Å²) in [7, 11) is 1.90. The van der Waals surface area contributed by atoms with Crippen LogP contribution in [0.15, 0.2) is 24.3 Å². The highest BCUT2D eigenvalue weighted by Crippen LogP contribution is 2.29. The monoisotopic (exact) mass is 345 g/mol. The van der Waals surface area contributed by atoms with Crippen molar-refractivity contribution in [2.24, 2.45) is 0 Å². The Morgan fingerprint density at radius 1 is 1.24 bits per heavy atom. The third-order valence-electron chi connectivity index (χ3n) is 5.67. The van der Waals surface area contributed by atoms with Crippen LogP contribution < -0.4 is 0 Å². The van der Waals surface area contributed by atoms with Crippen LogP contribution in [0.3, 0.4) is 0 Å². The zero-order valence-corrected chi connectivity index (χ0v) is 14.9. The van der Waals surface area contributed by atoms with Crippen LogP contribution in [0.4, 0.5) is 5.69 Å². The van der Waals surface area contributed by atoms with E-state index >= 15 is 0 Å². The van der Waals surface area contributed by atoms with E-state index < -0.39 is 4.92 Å². The first-order chi connectivity index (χ1) is 12.1. The van der Waals surface area contributed by atoms with Gasteiger partial charge in [0.05, 0.1) is 11.3 Å². The van der Waals surface area contributed by atoms with Gasteiger partial charge in [0.15, 0.2) is 0 Å². The lowest BCUT2D eigenvalue weighted by Gasteiger charge is -2.42. The molecule has 2 atom stereocenters. The molecule has 136 valence electrons. The largest absolute Gasteiger partial charge is 0.341 e. The van der Waals surface area contributed by atoms with Crippen molar-refractivity contribution in [3.63, 3.8) is 0 Å². The first-order valence-electron chi connectivity index (χ1n) is 9.29. The molecule has 3 rings (SSSR count). The van der Waals surface area contributed by atoms with Gasteiger partial charge in [-0.3, -0.25) is 19.8 Å². The van der Waals surface area contributed by atoms with Crippen LogP contribution in [0.5, 0.6) is 0 Å². The normalized spacial score (nSPS) is 24.2. The van der Waals surface area contributed by atoms with Crippen molar-refractivity contribution in [3.8, 4) is 0 Å². The van der Waals surface area contributed by atoms with Crippen molar-refractivity contribution in [1.82, 2.24) is 9.80 Å². The van der Waals surface area contributed by atoms with Gasteiger partial charge >= 0.3 is 0 Å². The van der Waals surface area contributed by atoms with E-state index in [4.69, 9.17) is 0 Å². The first-order valence-corrected chi connectivity index (χ1v) is 9.29. The number of carbonyl (C=O) groups excluding carboxylic acids is 1. The van der Waals surface area contributed by atoms with Crippen molar-refractivity contribution >= 4 is 11.6 Å². The summed E-state index contributed by atoms with van der Waals surface area (Å²) in [6, 6.07) is 7.13. The highest BCUT2D eigenvalue weighted by atomic mass is 16.6. The lowest BCUT2D eigenvalue weighted by atomic mass is 9.88. The number of amides is 1. The summed E-state index contributed by atoms with van der Waals surface area (Å²) in [4.78, 5) is 27.8. The van der Waals surface area contributed by atoms with Crippen molar-refractivity contribution in [2.75, 3.05) is 20.1 Å². The Labute approximate surface area is 148 Å². The summed E-state index contributed by atoms with van der Waals surface area (Å²) in [6.07, 6.45) is 7.37. The predicted octanol–water partition coefficient (Wildman–Crippen LogP) is 3.00. The van der Waals surface area contributed by atoms with Gasteiger partial charge in [0.1, 0.15) is 0 Å². The summed E-state index contributed by atoms with van der Waals surface area (Å²) in [5, 5.41) is 10.9. The molecule has 25 heavy (non-hydrogen) atoms. The van der Waals surface area contributed by atoms with Gasteiger partial charge in [-0.05, 0) is 44.3 Å². The van der Waals surface area contributed by atoms with E-state index in [9.17, 15) is 14.9 Å². The van der Waals surface area contributed by atoms with Crippen LogP contribution in [0, 0.1) is 10.1 Å². The van der Waals surface area contributed by atoms with Crippen molar-refractivity contribution in [1.29, 1.82) is 0 Å². The molecular weight excluding hydrogens is 318 g/mol. The fraction of sp³-hybridized carbons (Fsp3) is 0.632. The van der Waals surface area contributed by atoms with Gasteiger partial charge in [-0.2, -0.15) is 0 Å². The predicted molar refractivity (Wildman–Crippen MR) is 96.4 cm³/mol. The topological polar surface area (TPSA) is 66.7 Å². The number of non-ortho nitro benzene ring substituents is 1. The molecule has 1 aliphatic heterocycles. The Hall–Kier alpha value is -1.95. The van der Waals surface area contributed by atoms with Gasteiger partial charge < -0.3 is 4.90 Å². The van der Waals surface area contributed by atoms with Crippen LogP contribution in [0.2, 0.25) is 0 Å². The van der Waals surface area contributed by atoms with E-state index in [1.165, 1.54) is 44.2 Å². The minimum Gasteiger partial charge on any atom is -0.341 e. The SMILES string of the molecule is CN(C(=O)Cc1cccc([N+](=O)[O-])c1)C1CCCC[C@@H]1N1CCCC1. The van der Waals surface area contributed by atoms with E-state index in [1.807, 2.05) is 11.9 Å². The molecule has 6 heteroatoms. The zero-order valence-electron chi connectivity index (χ0n) is 14.9. The molecule has 1 amide bonds. The Morgan fingerprint density at radius 2 is 1.96 bits per heavy atom. The minimum absolute atomic E-state index is 0.0422. The Kier molecular flexibility index (Phi) is 5.68. The Balaban J connectivity index is 1.68. The molecule has 0 bridgehead atoms. The molecule has 1 saturated heterocycles. The van der Waals surface area contributed by atoms with Gasteiger partial charge in [-0.1, -0.05) is 25.0 Å². The second kappa shape index (κ2) is 7.95. The molecule has 0 aromatic heterocycles. The average Bonchev–Trinajstić information content (AvgIpc) is 3.15. The molecule has 1 unspecified atom stereocenters. The molecule has 0 N–H and O–H groups in total. The van der Waals surface area contributed by atoms with E-state index in [2.05, 4.69) is 4.90 Å². The van der Waals surface area contributed by atoms with Gasteiger partial charge in [0.2, 0.25) is 5.91 Å². The molecule has 1 heterocycles. The van der Waals surface area contributed by atoms with Crippen molar-refractivity contribution in [2.45, 2.75) is 57.0 Å².